The van der Waals surface area contributed by atoms with E-state index >= 15 is 0 Å². The molecule has 0 fully saturated rings. The summed E-state index contributed by atoms with van der Waals surface area (Å²) in [4.78, 5) is 2.75. The zero-order chi connectivity index (χ0) is 12.4. The van der Waals surface area contributed by atoms with Crippen LogP contribution in [0.2, 0.25) is 0 Å². The van der Waals surface area contributed by atoms with Gasteiger partial charge in [-0.15, -0.1) is 11.3 Å². The van der Waals surface area contributed by atoms with Gasteiger partial charge in [0.15, 0.2) is 0 Å². The number of nitrogens with one attached hydrogen (secondary N) is 1. The molecule has 17 heavy (non-hydrogen) atoms. The number of aromatic nitrogens is 2. The van der Waals surface area contributed by atoms with E-state index in [1.165, 1.54) is 20.9 Å². The van der Waals surface area contributed by atoms with E-state index < -0.39 is 0 Å². The largest absolute Gasteiger partial charge is 0.309 e. The van der Waals surface area contributed by atoms with Gasteiger partial charge in [0.05, 0.1) is 12.2 Å². The fraction of sp³-hybridized carbons (Fsp3) is 0.462. The Balaban J connectivity index is 2.32. The van der Waals surface area contributed by atoms with Crippen molar-refractivity contribution in [3.8, 4) is 0 Å². The highest BCUT2D eigenvalue weighted by Gasteiger charge is 2.16. The summed E-state index contributed by atoms with van der Waals surface area (Å²) in [6.07, 6.45) is 4.07. The quantitative estimate of drug-likeness (QED) is 0.903. The molecule has 0 radical (unpaired) electrons. The summed E-state index contributed by atoms with van der Waals surface area (Å²) < 4.78 is 1.97. The predicted octanol–water partition coefficient (Wildman–Crippen LogP) is 2.89. The first-order chi connectivity index (χ1) is 8.15. The number of hydrogen-bond donors (Lipinski definition) is 1. The van der Waals surface area contributed by atoms with Crippen LogP contribution in [0.1, 0.15) is 33.8 Å². The standard InChI is InChI=1S/C13H19N3S/c1-5-16-8-11(7-15-16)13(14-4)12-6-9(2)10(3)17-12/h6-8,13-14H,5H2,1-4H3. The summed E-state index contributed by atoms with van der Waals surface area (Å²) in [6, 6.07) is 2.53. The van der Waals surface area contributed by atoms with Crippen molar-refractivity contribution in [2.24, 2.45) is 0 Å². The van der Waals surface area contributed by atoms with Gasteiger partial charge < -0.3 is 5.32 Å². The third kappa shape index (κ3) is 2.42. The van der Waals surface area contributed by atoms with E-state index in [4.69, 9.17) is 0 Å². The summed E-state index contributed by atoms with van der Waals surface area (Å²) in [5.41, 5.74) is 2.60. The van der Waals surface area contributed by atoms with Crippen LogP contribution >= 0.6 is 11.3 Å². The number of hydrogen-bond acceptors (Lipinski definition) is 3. The van der Waals surface area contributed by atoms with Crippen molar-refractivity contribution >= 4 is 11.3 Å². The molecule has 3 nitrogen and oxygen atoms in total. The zero-order valence-corrected chi connectivity index (χ0v) is 11.6. The van der Waals surface area contributed by atoms with Crippen molar-refractivity contribution in [2.75, 3.05) is 7.05 Å². The maximum atomic E-state index is 4.34. The highest BCUT2D eigenvalue weighted by molar-refractivity contribution is 7.12. The lowest BCUT2D eigenvalue weighted by Gasteiger charge is -2.12. The van der Waals surface area contributed by atoms with Gasteiger partial charge in [-0.3, -0.25) is 4.68 Å². The van der Waals surface area contributed by atoms with Crippen molar-refractivity contribution in [1.82, 2.24) is 15.1 Å². The van der Waals surface area contributed by atoms with Gasteiger partial charge in [-0.1, -0.05) is 0 Å². The predicted molar refractivity (Wildman–Crippen MR) is 72.6 cm³/mol. The van der Waals surface area contributed by atoms with E-state index in [1.807, 2.05) is 29.3 Å². The Morgan fingerprint density at radius 1 is 1.47 bits per heavy atom. The van der Waals surface area contributed by atoms with Crippen molar-refractivity contribution in [2.45, 2.75) is 33.4 Å². The summed E-state index contributed by atoms with van der Waals surface area (Å²) in [5, 5.41) is 7.71. The molecule has 2 heterocycles. The van der Waals surface area contributed by atoms with Crippen molar-refractivity contribution in [1.29, 1.82) is 0 Å². The molecule has 0 aliphatic rings. The van der Waals surface area contributed by atoms with Gasteiger partial charge in [-0.05, 0) is 39.4 Å². The third-order valence-electron chi connectivity index (χ3n) is 3.07. The van der Waals surface area contributed by atoms with Gasteiger partial charge in [0.1, 0.15) is 0 Å². The lowest BCUT2D eigenvalue weighted by Crippen LogP contribution is -2.15. The summed E-state index contributed by atoms with van der Waals surface area (Å²) in [6.45, 7) is 7.35. The Bertz CT molecular complexity index is 479. The Hall–Kier alpha value is -1.13. The van der Waals surface area contributed by atoms with Crippen LogP contribution in [-0.2, 0) is 6.54 Å². The SMILES string of the molecule is CCn1cc(C(NC)c2cc(C)c(C)s2)cn1. The third-order valence-corrected chi connectivity index (χ3v) is 4.29. The van der Waals surface area contributed by atoms with Gasteiger partial charge in [0.25, 0.3) is 0 Å². The lowest BCUT2D eigenvalue weighted by atomic mass is 10.1. The molecule has 2 rings (SSSR count). The van der Waals surface area contributed by atoms with Crippen LogP contribution in [0.25, 0.3) is 0 Å². The second kappa shape index (κ2) is 5.02. The first-order valence-electron chi connectivity index (χ1n) is 5.92. The van der Waals surface area contributed by atoms with E-state index in [-0.39, 0.29) is 6.04 Å². The normalized spacial score (nSPS) is 12.9. The highest BCUT2D eigenvalue weighted by Crippen LogP contribution is 2.30. The number of nitrogens with zero attached hydrogens (tertiary/aromatic N) is 2. The van der Waals surface area contributed by atoms with Crippen LogP contribution in [0, 0.1) is 13.8 Å². The molecule has 2 aromatic rings. The van der Waals surface area contributed by atoms with E-state index in [1.54, 1.807) is 0 Å². The molecule has 0 saturated heterocycles. The zero-order valence-electron chi connectivity index (χ0n) is 10.8. The molecule has 0 saturated carbocycles. The van der Waals surface area contributed by atoms with Gasteiger partial charge in [0, 0.05) is 28.1 Å². The van der Waals surface area contributed by atoms with E-state index in [0.29, 0.717) is 0 Å². The van der Waals surface area contributed by atoms with Gasteiger partial charge >= 0.3 is 0 Å². The lowest BCUT2D eigenvalue weighted by molar-refractivity contribution is 0.655. The number of rotatable bonds is 4. The fourth-order valence-electron chi connectivity index (χ4n) is 1.92. The van der Waals surface area contributed by atoms with E-state index in [0.717, 1.165) is 6.54 Å². The number of aryl methyl sites for hydroxylation is 3. The average Bonchev–Trinajstić information content (AvgIpc) is 2.89. The summed E-state index contributed by atoms with van der Waals surface area (Å²) in [5.74, 6) is 0. The van der Waals surface area contributed by atoms with Crippen LogP contribution in [0.4, 0.5) is 0 Å². The van der Waals surface area contributed by atoms with E-state index in [9.17, 15) is 0 Å². The molecule has 1 atom stereocenters. The molecule has 0 aliphatic carbocycles. The summed E-state index contributed by atoms with van der Waals surface area (Å²) in [7, 11) is 2.00. The molecule has 0 aliphatic heterocycles. The average molecular weight is 249 g/mol. The molecule has 0 amide bonds. The monoisotopic (exact) mass is 249 g/mol. The molecule has 4 heteroatoms. The van der Waals surface area contributed by atoms with Crippen LogP contribution in [-0.4, -0.2) is 16.8 Å². The Morgan fingerprint density at radius 3 is 2.71 bits per heavy atom. The van der Waals surface area contributed by atoms with Crippen LogP contribution in [0.3, 0.4) is 0 Å². The number of thiophene rings is 1. The topological polar surface area (TPSA) is 29.9 Å². The Kier molecular flexibility index (Phi) is 3.64. The molecule has 1 unspecified atom stereocenters. The molecule has 0 spiro atoms. The molecular formula is C13H19N3S. The molecule has 0 bridgehead atoms. The highest BCUT2D eigenvalue weighted by atomic mass is 32.1. The van der Waals surface area contributed by atoms with Gasteiger partial charge in [-0.2, -0.15) is 5.10 Å². The smallest absolute Gasteiger partial charge is 0.0699 e. The second-order valence-corrected chi connectivity index (χ2v) is 5.53. The van der Waals surface area contributed by atoms with Crippen molar-refractivity contribution in [3.05, 3.63) is 39.3 Å². The fourth-order valence-corrected chi connectivity index (χ4v) is 3.10. The molecule has 92 valence electrons. The molecule has 1 N–H and O–H groups in total. The summed E-state index contributed by atoms with van der Waals surface area (Å²) >= 11 is 1.86. The molecular weight excluding hydrogens is 230 g/mol. The van der Waals surface area contributed by atoms with Gasteiger partial charge in [-0.25, -0.2) is 0 Å². The van der Waals surface area contributed by atoms with Crippen LogP contribution < -0.4 is 5.32 Å². The second-order valence-electron chi connectivity index (χ2n) is 4.24. The minimum atomic E-state index is 0.257. The van der Waals surface area contributed by atoms with E-state index in [2.05, 4.69) is 43.4 Å². The van der Waals surface area contributed by atoms with Crippen LogP contribution in [0.15, 0.2) is 18.5 Å². The van der Waals surface area contributed by atoms with Crippen molar-refractivity contribution < 1.29 is 0 Å². The Labute approximate surface area is 106 Å². The minimum absolute atomic E-state index is 0.257. The van der Waals surface area contributed by atoms with Gasteiger partial charge in [0.2, 0.25) is 0 Å². The van der Waals surface area contributed by atoms with Crippen molar-refractivity contribution in [3.63, 3.8) is 0 Å². The maximum Gasteiger partial charge on any atom is 0.0699 e. The first kappa shape index (κ1) is 12.3. The molecule has 0 aromatic carbocycles. The minimum Gasteiger partial charge on any atom is -0.309 e. The first-order valence-corrected chi connectivity index (χ1v) is 6.74. The van der Waals surface area contributed by atoms with Crippen LogP contribution in [0.5, 0.6) is 0 Å². The Morgan fingerprint density at radius 2 is 2.24 bits per heavy atom. The molecule has 2 aromatic heterocycles. The maximum absolute atomic E-state index is 4.34.